The number of nitrogen functional groups attached to an aromatic ring is 1. The summed E-state index contributed by atoms with van der Waals surface area (Å²) < 4.78 is 11.5. The molecule has 47 heavy (non-hydrogen) atoms. The highest BCUT2D eigenvalue weighted by Gasteiger charge is 2.44. The summed E-state index contributed by atoms with van der Waals surface area (Å²) in [5, 5.41) is 26.0. The van der Waals surface area contributed by atoms with Crippen molar-refractivity contribution in [1.82, 2.24) is 10.2 Å². The van der Waals surface area contributed by atoms with E-state index in [1.807, 2.05) is 36.4 Å². The predicted octanol–water partition coefficient (Wildman–Crippen LogP) is 5.66. The number of ether oxygens (including phenoxy) is 2. The number of benzene rings is 4. The van der Waals surface area contributed by atoms with Gasteiger partial charge in [-0.3, -0.25) is 10.2 Å². The van der Waals surface area contributed by atoms with E-state index in [9.17, 15) is 9.90 Å². The monoisotopic (exact) mass is 631 g/mol. The molecule has 1 aliphatic carbocycles. The number of carbonyl (C=O) groups is 1. The molecule has 2 aliphatic heterocycles. The first-order valence-electron chi connectivity index (χ1n) is 16.3. The Morgan fingerprint density at radius 3 is 2.47 bits per heavy atom. The number of phenols is 1. The lowest BCUT2D eigenvalue weighted by Gasteiger charge is -2.39. The highest BCUT2D eigenvalue weighted by Crippen LogP contribution is 2.56. The zero-order valence-corrected chi connectivity index (χ0v) is 26.8. The number of fused-ring (bicyclic) bond motifs is 5. The van der Waals surface area contributed by atoms with Crippen LogP contribution in [-0.2, 0) is 6.42 Å². The predicted molar refractivity (Wildman–Crippen MR) is 184 cm³/mol. The molecule has 3 atom stereocenters. The summed E-state index contributed by atoms with van der Waals surface area (Å²) in [5.74, 6) is 1.04. The van der Waals surface area contributed by atoms with Gasteiger partial charge in [0.2, 0.25) is 0 Å². The van der Waals surface area contributed by atoms with E-state index in [1.54, 1.807) is 26.4 Å². The Morgan fingerprint density at radius 1 is 0.936 bits per heavy atom. The topological polar surface area (TPSA) is 133 Å². The van der Waals surface area contributed by atoms with Gasteiger partial charge in [-0.05, 0) is 115 Å². The molecule has 6 N–H and O–H groups in total. The summed E-state index contributed by atoms with van der Waals surface area (Å²) in [7, 11) is 3.15. The number of amides is 1. The van der Waals surface area contributed by atoms with Crippen LogP contribution in [0, 0.1) is 11.3 Å². The average molecular weight is 632 g/mol. The molecule has 9 heteroatoms. The van der Waals surface area contributed by atoms with Crippen LogP contribution in [0.4, 0.5) is 5.69 Å². The van der Waals surface area contributed by atoms with E-state index in [-0.39, 0.29) is 35.4 Å². The molecule has 7 rings (SSSR count). The van der Waals surface area contributed by atoms with E-state index >= 15 is 0 Å². The standard InChI is InChI=1S/C38H41N5O4/c1-46-33-19-24(38(45)41-13-16-43-14-5-6-15-43)9-11-26(33)27-20-32(44)34(47-2)21-28(27)36-30-17-22-7-3-4-8-25(22)35(30)29-18-23(37(39)40)10-12-31(29)42-36/h3-4,7-12,18-21,30,35-36,42,44H,5-6,13-17H2,1-2H3,(H3,39,40)(H,41,45). The zero-order valence-electron chi connectivity index (χ0n) is 26.8. The lowest BCUT2D eigenvalue weighted by molar-refractivity contribution is 0.0949. The Kier molecular flexibility index (Phi) is 8.24. The summed E-state index contributed by atoms with van der Waals surface area (Å²) in [6, 6.07) is 23.4. The minimum atomic E-state index is -0.161. The maximum absolute atomic E-state index is 13.1. The third-order valence-electron chi connectivity index (χ3n) is 10.1. The molecule has 0 aromatic heterocycles. The van der Waals surface area contributed by atoms with Gasteiger partial charge in [0.15, 0.2) is 11.5 Å². The van der Waals surface area contributed by atoms with Crippen molar-refractivity contribution in [3.05, 3.63) is 106 Å². The van der Waals surface area contributed by atoms with E-state index < -0.39 is 0 Å². The van der Waals surface area contributed by atoms with Gasteiger partial charge in [0.1, 0.15) is 11.6 Å². The first-order chi connectivity index (χ1) is 22.9. The molecular weight excluding hydrogens is 590 g/mol. The SMILES string of the molecule is COc1cc(C2Nc3ccc(C(=N)N)cc3C3c4ccccc4CC23)c(-c2ccc(C(=O)NCCN3CCCC3)cc2OC)cc1O. The van der Waals surface area contributed by atoms with Crippen LogP contribution in [0.5, 0.6) is 17.2 Å². The molecule has 2 heterocycles. The second kappa shape index (κ2) is 12.6. The smallest absolute Gasteiger partial charge is 0.251 e. The molecular formula is C38H41N5O4. The van der Waals surface area contributed by atoms with E-state index in [1.165, 1.54) is 24.0 Å². The van der Waals surface area contributed by atoms with Gasteiger partial charge in [0.25, 0.3) is 5.91 Å². The summed E-state index contributed by atoms with van der Waals surface area (Å²) in [4.78, 5) is 15.5. The molecule has 1 fully saturated rings. The van der Waals surface area contributed by atoms with Crippen LogP contribution in [0.25, 0.3) is 11.1 Å². The molecule has 0 spiro atoms. The minimum Gasteiger partial charge on any atom is -0.504 e. The Hall–Kier alpha value is -5.02. The highest BCUT2D eigenvalue weighted by atomic mass is 16.5. The number of nitrogens with two attached hydrogens (primary N) is 1. The average Bonchev–Trinajstić information content (AvgIpc) is 3.75. The molecule has 1 saturated heterocycles. The van der Waals surface area contributed by atoms with Gasteiger partial charge in [0, 0.05) is 41.4 Å². The van der Waals surface area contributed by atoms with Gasteiger partial charge in [-0.2, -0.15) is 0 Å². The van der Waals surface area contributed by atoms with Crippen LogP contribution in [0.3, 0.4) is 0 Å². The van der Waals surface area contributed by atoms with Crippen LogP contribution in [0.1, 0.15) is 63.0 Å². The number of aromatic hydroxyl groups is 1. The third-order valence-corrected chi connectivity index (χ3v) is 10.1. The Labute approximate surface area is 275 Å². The number of phenolic OH excluding ortho intramolecular Hbond substituents is 1. The van der Waals surface area contributed by atoms with Crippen molar-refractivity contribution in [2.24, 2.45) is 11.7 Å². The van der Waals surface area contributed by atoms with Crippen molar-refractivity contribution in [2.75, 3.05) is 45.7 Å². The Morgan fingerprint density at radius 2 is 1.70 bits per heavy atom. The highest BCUT2D eigenvalue weighted by molar-refractivity contribution is 5.96. The number of carbonyl (C=O) groups excluding carboxylic acids is 1. The summed E-state index contributed by atoms with van der Waals surface area (Å²) in [5.41, 5.74) is 14.3. The van der Waals surface area contributed by atoms with Gasteiger partial charge >= 0.3 is 0 Å². The second-order valence-corrected chi connectivity index (χ2v) is 12.7. The fourth-order valence-electron chi connectivity index (χ4n) is 7.77. The zero-order chi connectivity index (χ0) is 32.7. The van der Waals surface area contributed by atoms with Crippen molar-refractivity contribution in [3.8, 4) is 28.4 Å². The van der Waals surface area contributed by atoms with E-state index in [2.05, 4.69) is 39.8 Å². The Bertz CT molecular complexity index is 1850. The first kappa shape index (κ1) is 30.6. The third kappa shape index (κ3) is 5.65. The van der Waals surface area contributed by atoms with E-state index in [0.717, 1.165) is 54.0 Å². The number of amidine groups is 1. The number of rotatable bonds is 9. The van der Waals surface area contributed by atoms with Crippen LogP contribution < -0.4 is 25.8 Å². The molecule has 0 radical (unpaired) electrons. The molecule has 9 nitrogen and oxygen atoms in total. The summed E-state index contributed by atoms with van der Waals surface area (Å²) in [6.45, 7) is 3.61. The van der Waals surface area contributed by atoms with Gasteiger partial charge in [0.05, 0.1) is 20.3 Å². The minimum absolute atomic E-state index is 0.0191. The molecule has 4 aromatic rings. The quantitative estimate of drug-likeness (QED) is 0.119. The van der Waals surface area contributed by atoms with Gasteiger partial charge < -0.3 is 35.8 Å². The van der Waals surface area contributed by atoms with Crippen molar-refractivity contribution >= 4 is 17.4 Å². The number of anilines is 1. The van der Waals surface area contributed by atoms with Crippen molar-refractivity contribution in [1.29, 1.82) is 5.41 Å². The van der Waals surface area contributed by atoms with Crippen molar-refractivity contribution in [3.63, 3.8) is 0 Å². The maximum Gasteiger partial charge on any atom is 0.251 e. The maximum atomic E-state index is 13.1. The lowest BCUT2D eigenvalue weighted by atomic mass is 9.74. The van der Waals surface area contributed by atoms with Crippen LogP contribution >= 0.6 is 0 Å². The molecule has 1 amide bonds. The van der Waals surface area contributed by atoms with Crippen LogP contribution in [-0.4, -0.2) is 62.1 Å². The van der Waals surface area contributed by atoms with E-state index in [0.29, 0.717) is 29.2 Å². The summed E-state index contributed by atoms with van der Waals surface area (Å²) >= 11 is 0. The number of hydrogen-bond acceptors (Lipinski definition) is 7. The fourth-order valence-corrected chi connectivity index (χ4v) is 7.77. The molecule has 3 aliphatic rings. The molecule has 3 unspecified atom stereocenters. The molecule has 242 valence electrons. The summed E-state index contributed by atoms with van der Waals surface area (Å²) in [6.07, 6.45) is 3.28. The number of likely N-dealkylation sites (tertiary alicyclic amines) is 1. The van der Waals surface area contributed by atoms with Crippen molar-refractivity contribution < 1.29 is 19.4 Å². The fraction of sp³-hybridized carbons (Fsp3) is 0.316. The lowest BCUT2D eigenvalue weighted by Crippen LogP contribution is -2.33. The number of nitrogens with zero attached hydrogens (tertiary/aromatic N) is 1. The van der Waals surface area contributed by atoms with Crippen LogP contribution in [0.15, 0.2) is 72.8 Å². The van der Waals surface area contributed by atoms with Crippen LogP contribution in [0.2, 0.25) is 0 Å². The molecule has 4 aromatic carbocycles. The molecule has 0 saturated carbocycles. The Balaban J connectivity index is 1.28. The largest absolute Gasteiger partial charge is 0.504 e. The normalized spacial score (nSPS) is 19.7. The van der Waals surface area contributed by atoms with Crippen molar-refractivity contribution in [2.45, 2.75) is 31.2 Å². The molecule has 0 bridgehead atoms. The van der Waals surface area contributed by atoms with E-state index in [4.69, 9.17) is 20.6 Å². The number of methoxy groups -OCH3 is 2. The number of hydrogen-bond donors (Lipinski definition) is 5. The van der Waals surface area contributed by atoms with Gasteiger partial charge in [-0.25, -0.2) is 0 Å². The van der Waals surface area contributed by atoms with Gasteiger partial charge in [-0.15, -0.1) is 0 Å². The first-order valence-corrected chi connectivity index (χ1v) is 16.3. The number of nitrogens with one attached hydrogen (secondary N) is 3. The van der Waals surface area contributed by atoms with Gasteiger partial charge in [-0.1, -0.05) is 24.3 Å². The second-order valence-electron chi connectivity index (χ2n) is 12.7.